The number of hydrogen-bond donors (Lipinski definition) is 1. The van der Waals surface area contributed by atoms with Crippen LogP contribution in [0, 0.1) is 0 Å². The van der Waals surface area contributed by atoms with Gasteiger partial charge in [0.25, 0.3) is 5.91 Å². The molecule has 1 N–H and O–H groups in total. The highest BCUT2D eigenvalue weighted by atomic mass is 35.5. The van der Waals surface area contributed by atoms with Crippen LogP contribution in [0.3, 0.4) is 0 Å². The number of carbonyl (C=O) groups is 1. The maximum absolute atomic E-state index is 12.7. The van der Waals surface area contributed by atoms with Gasteiger partial charge in [0.2, 0.25) is 0 Å². The average molecular weight is 389 g/mol. The third kappa shape index (κ3) is 4.61. The molecule has 3 rings (SSSR count). The lowest BCUT2D eigenvalue weighted by molar-refractivity contribution is 0.0757. The first-order chi connectivity index (χ1) is 12.5. The van der Waals surface area contributed by atoms with Crippen LogP contribution < -0.4 is 5.32 Å². The molecule has 0 fully saturated rings. The van der Waals surface area contributed by atoms with Gasteiger partial charge in [0.15, 0.2) is 0 Å². The van der Waals surface area contributed by atoms with Crippen molar-refractivity contribution in [1.82, 2.24) is 10.3 Å². The molecule has 3 aromatic rings. The lowest BCUT2D eigenvalue weighted by atomic mass is 10.1. The van der Waals surface area contributed by atoms with Crippen LogP contribution in [0.1, 0.15) is 30.6 Å². The van der Waals surface area contributed by atoms with Crippen LogP contribution in [0.25, 0.3) is 21.5 Å². The molecule has 0 bridgehead atoms. The third-order valence-electron chi connectivity index (χ3n) is 3.84. The van der Waals surface area contributed by atoms with Gasteiger partial charge in [-0.3, -0.25) is 4.79 Å². The van der Waals surface area contributed by atoms with Crippen molar-refractivity contribution < 1.29 is 9.53 Å². The van der Waals surface area contributed by atoms with Crippen molar-refractivity contribution in [3.8, 4) is 10.6 Å². The average Bonchev–Trinajstić information content (AvgIpc) is 3.06. The number of hydrogen-bond acceptors (Lipinski definition) is 4. The zero-order valence-corrected chi connectivity index (χ0v) is 16.4. The van der Waals surface area contributed by atoms with Crippen LogP contribution in [0.2, 0.25) is 4.34 Å². The fourth-order valence-corrected chi connectivity index (χ4v) is 3.63. The minimum atomic E-state index is -0.1000. The van der Waals surface area contributed by atoms with Gasteiger partial charge in [0, 0.05) is 18.5 Å². The first kappa shape index (κ1) is 18.8. The Kier molecular flexibility index (Phi) is 6.25. The second-order valence-corrected chi connectivity index (χ2v) is 7.92. The standard InChI is InChI=1S/C20H21ClN2O2S/c1-13(2)25-11-5-10-22-20(24)15-12-17(18-8-9-19(21)26-18)23-16-7-4-3-6-14(15)16/h3-4,6-9,12-13H,5,10-11H2,1-2H3,(H,22,24). The van der Waals surface area contributed by atoms with Crippen LogP contribution in [0.15, 0.2) is 42.5 Å². The van der Waals surface area contributed by atoms with Crippen molar-refractivity contribution >= 4 is 39.7 Å². The SMILES string of the molecule is CC(C)OCCCNC(=O)c1cc(-c2ccc(Cl)s2)nc2ccccc12. The van der Waals surface area contributed by atoms with Gasteiger partial charge in [0.1, 0.15) is 0 Å². The Morgan fingerprint density at radius 1 is 1.27 bits per heavy atom. The predicted octanol–water partition coefficient (Wildman–Crippen LogP) is 5.16. The molecule has 0 atom stereocenters. The summed E-state index contributed by atoms with van der Waals surface area (Å²) in [5, 5.41) is 3.82. The molecule has 0 aliphatic carbocycles. The topological polar surface area (TPSA) is 51.2 Å². The number of aromatic nitrogens is 1. The van der Waals surface area contributed by atoms with Crippen molar-refractivity contribution in [2.45, 2.75) is 26.4 Å². The molecule has 0 spiro atoms. The van der Waals surface area contributed by atoms with E-state index in [1.165, 1.54) is 11.3 Å². The zero-order valence-electron chi connectivity index (χ0n) is 14.8. The molecule has 0 saturated heterocycles. The van der Waals surface area contributed by atoms with Gasteiger partial charge in [-0.2, -0.15) is 0 Å². The summed E-state index contributed by atoms with van der Waals surface area (Å²) in [6, 6.07) is 13.3. The molecule has 0 unspecified atom stereocenters. The quantitative estimate of drug-likeness (QED) is 0.568. The van der Waals surface area contributed by atoms with Crippen LogP contribution in [-0.2, 0) is 4.74 Å². The number of halogens is 1. The molecule has 0 aliphatic rings. The Hall–Kier alpha value is -1.95. The molecule has 1 aromatic carbocycles. The number of para-hydroxylation sites is 1. The highest BCUT2D eigenvalue weighted by Crippen LogP contribution is 2.32. The van der Waals surface area contributed by atoms with E-state index >= 15 is 0 Å². The number of benzene rings is 1. The van der Waals surface area contributed by atoms with Crippen molar-refractivity contribution in [2.24, 2.45) is 0 Å². The second-order valence-electron chi connectivity index (χ2n) is 6.20. The van der Waals surface area contributed by atoms with Crippen molar-refractivity contribution in [1.29, 1.82) is 0 Å². The smallest absolute Gasteiger partial charge is 0.252 e. The van der Waals surface area contributed by atoms with Crippen molar-refractivity contribution in [3.05, 3.63) is 52.4 Å². The number of pyridine rings is 1. The number of ether oxygens (including phenoxy) is 1. The largest absolute Gasteiger partial charge is 0.379 e. The Morgan fingerprint density at radius 3 is 2.81 bits per heavy atom. The number of rotatable bonds is 7. The van der Waals surface area contributed by atoms with Gasteiger partial charge >= 0.3 is 0 Å². The van der Waals surface area contributed by atoms with Crippen molar-refractivity contribution in [2.75, 3.05) is 13.2 Å². The van der Waals surface area contributed by atoms with E-state index < -0.39 is 0 Å². The van der Waals surface area contributed by atoms with E-state index in [9.17, 15) is 4.79 Å². The maximum Gasteiger partial charge on any atom is 0.252 e. The van der Waals surface area contributed by atoms with E-state index in [0.717, 1.165) is 27.9 Å². The minimum absolute atomic E-state index is 0.1000. The molecule has 6 heteroatoms. The van der Waals surface area contributed by atoms with Gasteiger partial charge in [-0.1, -0.05) is 29.8 Å². The molecule has 4 nitrogen and oxygen atoms in total. The number of fused-ring (bicyclic) bond motifs is 1. The van der Waals surface area contributed by atoms with E-state index in [-0.39, 0.29) is 12.0 Å². The molecular formula is C20H21ClN2O2S. The summed E-state index contributed by atoms with van der Waals surface area (Å²) in [7, 11) is 0. The Bertz CT molecular complexity index is 908. The van der Waals surface area contributed by atoms with E-state index in [1.54, 1.807) is 0 Å². The summed E-state index contributed by atoms with van der Waals surface area (Å²) in [4.78, 5) is 18.4. The summed E-state index contributed by atoms with van der Waals surface area (Å²) in [6.45, 7) is 5.20. The Labute approximate surface area is 162 Å². The fourth-order valence-electron chi connectivity index (χ4n) is 2.63. The molecule has 2 aromatic heterocycles. The molecule has 0 radical (unpaired) electrons. The van der Waals surface area contributed by atoms with Crippen LogP contribution in [-0.4, -0.2) is 30.1 Å². The van der Waals surface area contributed by atoms with Gasteiger partial charge in [0.05, 0.1) is 32.1 Å². The van der Waals surface area contributed by atoms with Gasteiger partial charge in [-0.05, 0) is 44.5 Å². The van der Waals surface area contributed by atoms with E-state index in [0.29, 0.717) is 23.1 Å². The molecule has 1 amide bonds. The molecule has 26 heavy (non-hydrogen) atoms. The summed E-state index contributed by atoms with van der Waals surface area (Å²) in [5.41, 5.74) is 2.18. The number of thiophene rings is 1. The number of amides is 1. The molecule has 136 valence electrons. The maximum atomic E-state index is 12.7. The van der Waals surface area contributed by atoms with Crippen LogP contribution in [0.5, 0.6) is 0 Å². The lowest BCUT2D eigenvalue weighted by Crippen LogP contribution is -2.26. The van der Waals surface area contributed by atoms with Gasteiger partial charge in [-0.15, -0.1) is 11.3 Å². The fraction of sp³-hybridized carbons (Fsp3) is 0.300. The molecular weight excluding hydrogens is 368 g/mol. The summed E-state index contributed by atoms with van der Waals surface area (Å²) in [5.74, 6) is -0.1000. The lowest BCUT2D eigenvalue weighted by Gasteiger charge is -2.11. The Morgan fingerprint density at radius 2 is 2.08 bits per heavy atom. The van der Waals surface area contributed by atoms with Crippen molar-refractivity contribution in [3.63, 3.8) is 0 Å². The second kappa shape index (κ2) is 8.62. The van der Waals surface area contributed by atoms with Gasteiger partial charge in [-0.25, -0.2) is 4.98 Å². The van der Waals surface area contributed by atoms with Gasteiger partial charge < -0.3 is 10.1 Å². The number of nitrogens with zero attached hydrogens (tertiary/aromatic N) is 1. The predicted molar refractivity (Wildman–Crippen MR) is 108 cm³/mol. The summed E-state index contributed by atoms with van der Waals surface area (Å²) >= 11 is 7.50. The molecule has 2 heterocycles. The zero-order chi connectivity index (χ0) is 18.5. The Balaban J connectivity index is 1.83. The van der Waals surface area contributed by atoms with Crippen LogP contribution >= 0.6 is 22.9 Å². The highest BCUT2D eigenvalue weighted by molar-refractivity contribution is 7.19. The summed E-state index contributed by atoms with van der Waals surface area (Å²) < 4.78 is 6.21. The monoisotopic (exact) mass is 388 g/mol. The van der Waals surface area contributed by atoms with E-state index in [1.807, 2.05) is 56.3 Å². The first-order valence-corrected chi connectivity index (χ1v) is 9.79. The molecule has 0 saturated carbocycles. The number of carbonyl (C=O) groups excluding carboxylic acids is 1. The third-order valence-corrected chi connectivity index (χ3v) is 5.10. The van der Waals surface area contributed by atoms with Crippen LogP contribution in [0.4, 0.5) is 0 Å². The summed E-state index contributed by atoms with van der Waals surface area (Å²) in [6.07, 6.45) is 0.982. The number of nitrogens with one attached hydrogen (secondary N) is 1. The highest BCUT2D eigenvalue weighted by Gasteiger charge is 2.14. The first-order valence-electron chi connectivity index (χ1n) is 8.60. The van der Waals surface area contributed by atoms with E-state index in [2.05, 4.69) is 10.3 Å². The minimum Gasteiger partial charge on any atom is -0.379 e. The normalized spacial score (nSPS) is 11.2. The molecule has 0 aliphatic heterocycles. The van der Waals surface area contributed by atoms with E-state index in [4.69, 9.17) is 16.3 Å².